The first-order chi connectivity index (χ1) is 9.24. The summed E-state index contributed by atoms with van der Waals surface area (Å²) >= 11 is 6.14. The van der Waals surface area contributed by atoms with Crippen LogP contribution in [0.25, 0.3) is 0 Å². The second kappa shape index (κ2) is 7.13. The molecular formula is C15H23ClN2O. The number of hydrogen-bond acceptors (Lipinski definition) is 3. The molecule has 3 nitrogen and oxygen atoms in total. The highest BCUT2D eigenvalue weighted by Crippen LogP contribution is 2.28. The van der Waals surface area contributed by atoms with E-state index < -0.39 is 0 Å². The largest absolute Gasteiger partial charge is 0.377 e. The molecule has 1 unspecified atom stereocenters. The number of hydrogen-bond donors (Lipinski definition) is 1. The molecule has 1 aliphatic rings. The predicted molar refractivity (Wildman–Crippen MR) is 81.1 cm³/mol. The zero-order valence-electron chi connectivity index (χ0n) is 11.6. The molecular weight excluding hydrogens is 260 g/mol. The van der Waals surface area contributed by atoms with Gasteiger partial charge in [-0.1, -0.05) is 17.7 Å². The van der Waals surface area contributed by atoms with Gasteiger partial charge in [0.15, 0.2) is 0 Å². The number of anilines is 1. The summed E-state index contributed by atoms with van der Waals surface area (Å²) in [6.07, 6.45) is 3.54. The third kappa shape index (κ3) is 3.85. The van der Waals surface area contributed by atoms with Gasteiger partial charge in [0.2, 0.25) is 0 Å². The molecule has 1 saturated heterocycles. The van der Waals surface area contributed by atoms with E-state index in [0.29, 0.717) is 12.6 Å². The Morgan fingerprint density at radius 2 is 2.32 bits per heavy atom. The predicted octanol–water partition coefficient (Wildman–Crippen LogP) is 2.85. The van der Waals surface area contributed by atoms with E-state index in [-0.39, 0.29) is 0 Å². The average Bonchev–Trinajstić information content (AvgIpc) is 2.42. The minimum Gasteiger partial charge on any atom is -0.377 e. The number of benzene rings is 1. The van der Waals surface area contributed by atoms with Crippen molar-refractivity contribution in [2.75, 3.05) is 31.1 Å². The molecule has 19 heavy (non-hydrogen) atoms. The molecule has 1 atom stereocenters. The molecule has 0 aliphatic carbocycles. The summed E-state index contributed by atoms with van der Waals surface area (Å²) in [6.45, 7) is 5.52. The lowest BCUT2D eigenvalue weighted by atomic mass is 10.0. The third-order valence-corrected chi connectivity index (χ3v) is 3.82. The van der Waals surface area contributed by atoms with Gasteiger partial charge in [0.25, 0.3) is 0 Å². The molecule has 4 heteroatoms. The Morgan fingerprint density at radius 1 is 1.47 bits per heavy atom. The summed E-state index contributed by atoms with van der Waals surface area (Å²) in [5, 5.41) is 0.786. The van der Waals surface area contributed by atoms with Crippen molar-refractivity contribution in [2.24, 2.45) is 5.73 Å². The first kappa shape index (κ1) is 14.6. The number of halogens is 1. The number of piperidine rings is 1. The topological polar surface area (TPSA) is 38.5 Å². The van der Waals surface area contributed by atoms with Crippen molar-refractivity contribution >= 4 is 17.3 Å². The van der Waals surface area contributed by atoms with Crippen LogP contribution in [-0.4, -0.2) is 32.3 Å². The van der Waals surface area contributed by atoms with E-state index >= 15 is 0 Å². The maximum absolute atomic E-state index is 6.14. The van der Waals surface area contributed by atoms with Gasteiger partial charge in [-0.05, 0) is 50.4 Å². The van der Waals surface area contributed by atoms with Gasteiger partial charge >= 0.3 is 0 Å². The van der Waals surface area contributed by atoms with E-state index in [1.807, 2.05) is 6.07 Å². The number of rotatable bonds is 5. The Bertz CT molecular complexity index is 409. The van der Waals surface area contributed by atoms with Crippen LogP contribution < -0.4 is 10.6 Å². The molecule has 0 spiro atoms. The summed E-state index contributed by atoms with van der Waals surface area (Å²) in [6, 6.07) is 6.09. The van der Waals surface area contributed by atoms with Gasteiger partial charge in [-0.3, -0.25) is 0 Å². The van der Waals surface area contributed by atoms with Gasteiger partial charge in [-0.15, -0.1) is 0 Å². The van der Waals surface area contributed by atoms with Crippen molar-refractivity contribution in [1.82, 2.24) is 0 Å². The van der Waals surface area contributed by atoms with Crippen LogP contribution in [0.2, 0.25) is 5.02 Å². The Balaban J connectivity index is 2.17. The first-order valence-electron chi connectivity index (χ1n) is 7.09. The molecule has 1 heterocycles. The monoisotopic (exact) mass is 282 g/mol. The van der Waals surface area contributed by atoms with Crippen LogP contribution in [0.15, 0.2) is 18.2 Å². The van der Waals surface area contributed by atoms with E-state index in [0.717, 1.165) is 37.6 Å². The average molecular weight is 283 g/mol. The first-order valence-corrected chi connectivity index (χ1v) is 7.47. The maximum atomic E-state index is 6.14. The highest BCUT2D eigenvalue weighted by atomic mass is 35.5. The summed E-state index contributed by atoms with van der Waals surface area (Å²) in [7, 11) is 0. The zero-order valence-corrected chi connectivity index (χ0v) is 12.3. The Labute approximate surface area is 120 Å². The highest BCUT2D eigenvalue weighted by Gasteiger charge is 2.22. The Hall–Kier alpha value is -0.770. The second-order valence-corrected chi connectivity index (χ2v) is 5.41. The van der Waals surface area contributed by atoms with Gasteiger partial charge < -0.3 is 15.4 Å². The summed E-state index contributed by atoms with van der Waals surface area (Å²) in [5.74, 6) is 0. The molecule has 1 aliphatic heterocycles. The summed E-state index contributed by atoms with van der Waals surface area (Å²) in [4.78, 5) is 2.39. The fourth-order valence-electron chi connectivity index (χ4n) is 2.73. The lowest BCUT2D eigenvalue weighted by Gasteiger charge is -2.35. The Kier molecular flexibility index (Phi) is 5.49. The van der Waals surface area contributed by atoms with Crippen molar-refractivity contribution in [3.05, 3.63) is 28.8 Å². The van der Waals surface area contributed by atoms with E-state index in [9.17, 15) is 0 Å². The fourth-order valence-corrected chi connectivity index (χ4v) is 2.89. The zero-order chi connectivity index (χ0) is 13.7. The minimum absolute atomic E-state index is 0.337. The molecule has 1 aromatic carbocycles. The molecule has 106 valence electrons. The quantitative estimate of drug-likeness (QED) is 0.902. The van der Waals surface area contributed by atoms with Crippen molar-refractivity contribution in [3.8, 4) is 0 Å². The van der Waals surface area contributed by atoms with E-state index in [4.69, 9.17) is 22.1 Å². The Morgan fingerprint density at radius 3 is 3.05 bits per heavy atom. The lowest BCUT2D eigenvalue weighted by Crippen LogP contribution is -2.40. The van der Waals surface area contributed by atoms with E-state index in [2.05, 4.69) is 24.0 Å². The van der Waals surface area contributed by atoms with E-state index in [1.54, 1.807) is 0 Å². The molecule has 2 rings (SSSR count). The standard InChI is InChI=1S/C15H23ClN2O/c1-2-19-14-4-3-9-18(11-14)15-10-13(16)6-5-12(15)7-8-17/h5-6,10,14H,2-4,7-9,11,17H2,1H3. The van der Waals surface area contributed by atoms with Crippen LogP contribution in [0.1, 0.15) is 25.3 Å². The van der Waals surface area contributed by atoms with Crippen LogP contribution in [0.3, 0.4) is 0 Å². The number of nitrogens with zero attached hydrogens (tertiary/aromatic N) is 1. The molecule has 0 aromatic heterocycles. The van der Waals surface area contributed by atoms with Crippen LogP contribution in [0.4, 0.5) is 5.69 Å². The van der Waals surface area contributed by atoms with Crippen LogP contribution in [0, 0.1) is 0 Å². The van der Waals surface area contributed by atoms with Gasteiger partial charge in [-0.2, -0.15) is 0 Å². The molecule has 2 N–H and O–H groups in total. The van der Waals surface area contributed by atoms with Crippen molar-refractivity contribution in [3.63, 3.8) is 0 Å². The van der Waals surface area contributed by atoms with Gasteiger partial charge in [0.05, 0.1) is 6.10 Å². The van der Waals surface area contributed by atoms with Crippen LogP contribution in [0.5, 0.6) is 0 Å². The molecule has 0 bridgehead atoms. The molecule has 1 aromatic rings. The number of nitrogens with two attached hydrogens (primary N) is 1. The summed E-state index contributed by atoms with van der Waals surface area (Å²) < 4.78 is 5.77. The third-order valence-electron chi connectivity index (χ3n) is 3.58. The second-order valence-electron chi connectivity index (χ2n) is 4.98. The molecule has 1 fully saturated rings. The lowest BCUT2D eigenvalue weighted by molar-refractivity contribution is 0.0526. The highest BCUT2D eigenvalue weighted by molar-refractivity contribution is 6.30. The van der Waals surface area contributed by atoms with Gasteiger partial charge in [0, 0.05) is 30.4 Å². The van der Waals surface area contributed by atoms with Crippen molar-refractivity contribution in [2.45, 2.75) is 32.3 Å². The molecule has 0 radical (unpaired) electrons. The molecule has 0 amide bonds. The van der Waals surface area contributed by atoms with Crippen molar-refractivity contribution < 1.29 is 4.74 Å². The SMILES string of the molecule is CCOC1CCCN(c2cc(Cl)ccc2CCN)C1. The van der Waals surface area contributed by atoms with Crippen LogP contribution >= 0.6 is 11.6 Å². The van der Waals surface area contributed by atoms with Gasteiger partial charge in [-0.25, -0.2) is 0 Å². The smallest absolute Gasteiger partial charge is 0.0750 e. The van der Waals surface area contributed by atoms with E-state index in [1.165, 1.54) is 17.7 Å². The maximum Gasteiger partial charge on any atom is 0.0750 e. The molecule has 0 saturated carbocycles. The van der Waals surface area contributed by atoms with Crippen LogP contribution in [-0.2, 0) is 11.2 Å². The van der Waals surface area contributed by atoms with Gasteiger partial charge in [0.1, 0.15) is 0 Å². The fraction of sp³-hybridized carbons (Fsp3) is 0.600. The minimum atomic E-state index is 0.337. The summed E-state index contributed by atoms with van der Waals surface area (Å²) in [5.41, 5.74) is 8.20. The van der Waals surface area contributed by atoms with Crippen molar-refractivity contribution in [1.29, 1.82) is 0 Å². The number of ether oxygens (including phenoxy) is 1. The normalized spacial score (nSPS) is 19.7.